The largest absolute Gasteiger partial charge is 0.383 e. The minimum atomic E-state index is 0.145. The summed E-state index contributed by atoms with van der Waals surface area (Å²) in [6.07, 6.45) is 2.37. The van der Waals surface area contributed by atoms with Crippen molar-refractivity contribution >= 4 is 11.5 Å². The van der Waals surface area contributed by atoms with E-state index in [9.17, 15) is 4.79 Å². The normalized spacial score (nSPS) is 17.5. The van der Waals surface area contributed by atoms with E-state index in [1.165, 1.54) is 18.4 Å². The second kappa shape index (κ2) is 9.90. The van der Waals surface area contributed by atoms with Crippen molar-refractivity contribution in [3.05, 3.63) is 29.3 Å². The summed E-state index contributed by atoms with van der Waals surface area (Å²) in [7, 11) is 3.72. The Kier molecular flexibility index (Phi) is 7.88. The molecule has 1 unspecified atom stereocenters. The summed E-state index contributed by atoms with van der Waals surface area (Å²) in [6, 6.07) is 6.88. The van der Waals surface area contributed by atoms with Crippen LogP contribution in [0.4, 0.5) is 5.69 Å². The number of rotatable bonds is 10. The second-order valence-corrected chi connectivity index (χ2v) is 6.82. The van der Waals surface area contributed by atoms with Gasteiger partial charge >= 0.3 is 0 Å². The first-order valence-electron chi connectivity index (χ1n) is 9.37. The van der Waals surface area contributed by atoms with Crippen molar-refractivity contribution in [3.63, 3.8) is 0 Å². The Morgan fingerprint density at radius 3 is 2.88 bits per heavy atom. The van der Waals surface area contributed by atoms with Gasteiger partial charge in [-0.1, -0.05) is 13.0 Å². The van der Waals surface area contributed by atoms with Crippen LogP contribution in [0.5, 0.6) is 0 Å². The van der Waals surface area contributed by atoms with E-state index in [0.717, 1.165) is 50.6 Å². The van der Waals surface area contributed by atoms with Gasteiger partial charge in [0.2, 0.25) is 0 Å². The smallest absolute Gasteiger partial charge is 0.161 e. The van der Waals surface area contributed by atoms with Gasteiger partial charge in [0.15, 0.2) is 5.78 Å². The van der Waals surface area contributed by atoms with Gasteiger partial charge in [-0.25, -0.2) is 0 Å². The molecule has 0 aromatic heterocycles. The molecule has 0 spiro atoms. The first kappa shape index (κ1) is 19.9. The second-order valence-electron chi connectivity index (χ2n) is 6.82. The molecule has 0 saturated carbocycles. The Morgan fingerprint density at radius 1 is 1.44 bits per heavy atom. The number of Topliss-reactive ketones (excluding diaryl/α,β-unsaturated/α-hetero) is 1. The predicted octanol–water partition coefficient (Wildman–Crippen LogP) is 2.55. The molecular weight excluding hydrogens is 314 g/mol. The first-order chi connectivity index (χ1) is 12.1. The van der Waals surface area contributed by atoms with Crippen LogP contribution >= 0.6 is 0 Å². The van der Waals surface area contributed by atoms with Crippen LogP contribution in [0.15, 0.2) is 18.2 Å². The van der Waals surface area contributed by atoms with E-state index in [1.54, 1.807) is 14.0 Å². The Balaban J connectivity index is 2.21. The number of ketones is 1. The molecule has 5 heteroatoms. The summed E-state index contributed by atoms with van der Waals surface area (Å²) in [5.74, 6) is 0.145. The van der Waals surface area contributed by atoms with Crippen LogP contribution in [-0.2, 0) is 11.3 Å². The zero-order chi connectivity index (χ0) is 18.2. The quantitative estimate of drug-likeness (QED) is 0.659. The maximum absolute atomic E-state index is 12.3. The summed E-state index contributed by atoms with van der Waals surface area (Å²) in [5.41, 5.74) is 3.13. The molecule has 0 radical (unpaired) electrons. The van der Waals surface area contributed by atoms with Gasteiger partial charge in [-0.2, -0.15) is 0 Å². The SMILES string of the molecule is CCN(CCOC)Cc1ccc(N2CCCC2CNC)c(C(C)=O)c1. The molecule has 1 aromatic rings. The number of carbonyl (C=O) groups is 1. The lowest BCUT2D eigenvalue weighted by molar-refractivity contribution is 0.101. The monoisotopic (exact) mass is 347 g/mol. The molecule has 0 aliphatic carbocycles. The van der Waals surface area contributed by atoms with Crippen molar-refractivity contribution in [3.8, 4) is 0 Å². The number of ether oxygens (including phenoxy) is 1. The van der Waals surface area contributed by atoms with Crippen molar-refractivity contribution < 1.29 is 9.53 Å². The van der Waals surface area contributed by atoms with Crippen LogP contribution in [0.2, 0.25) is 0 Å². The average molecular weight is 348 g/mol. The third-order valence-electron chi connectivity index (χ3n) is 5.03. The van der Waals surface area contributed by atoms with E-state index in [2.05, 4.69) is 40.2 Å². The topological polar surface area (TPSA) is 44.8 Å². The fraction of sp³-hybridized carbons (Fsp3) is 0.650. The number of hydrogen-bond donors (Lipinski definition) is 1. The van der Waals surface area contributed by atoms with Gasteiger partial charge in [0.1, 0.15) is 0 Å². The highest BCUT2D eigenvalue weighted by atomic mass is 16.5. The third-order valence-corrected chi connectivity index (χ3v) is 5.03. The van der Waals surface area contributed by atoms with E-state index in [1.807, 2.05) is 7.05 Å². The summed E-state index contributed by atoms with van der Waals surface area (Å²) in [5, 5.41) is 3.28. The summed E-state index contributed by atoms with van der Waals surface area (Å²) >= 11 is 0. The molecule has 0 bridgehead atoms. The van der Waals surface area contributed by atoms with Crippen LogP contribution in [0.25, 0.3) is 0 Å². The van der Waals surface area contributed by atoms with Gasteiger partial charge in [0.05, 0.1) is 6.61 Å². The van der Waals surface area contributed by atoms with Crippen LogP contribution in [0, 0.1) is 0 Å². The highest BCUT2D eigenvalue weighted by molar-refractivity contribution is 6.00. The third kappa shape index (κ3) is 5.27. The molecule has 140 valence electrons. The number of likely N-dealkylation sites (N-methyl/N-ethyl adjacent to an activating group) is 2. The van der Waals surface area contributed by atoms with Crippen molar-refractivity contribution in [2.24, 2.45) is 0 Å². The fourth-order valence-electron chi connectivity index (χ4n) is 3.64. The van der Waals surface area contributed by atoms with Crippen molar-refractivity contribution in [2.75, 3.05) is 51.8 Å². The molecule has 1 heterocycles. The number of hydrogen-bond acceptors (Lipinski definition) is 5. The number of methoxy groups -OCH3 is 1. The summed E-state index contributed by atoms with van der Waals surface area (Å²) in [6.45, 7) is 9.26. The molecule has 1 fully saturated rings. The van der Waals surface area contributed by atoms with E-state index in [4.69, 9.17) is 4.74 Å². The van der Waals surface area contributed by atoms with Gasteiger partial charge < -0.3 is 15.0 Å². The zero-order valence-corrected chi connectivity index (χ0v) is 16.2. The van der Waals surface area contributed by atoms with E-state index in [-0.39, 0.29) is 5.78 Å². The molecule has 25 heavy (non-hydrogen) atoms. The summed E-state index contributed by atoms with van der Waals surface area (Å²) < 4.78 is 5.19. The maximum atomic E-state index is 12.3. The van der Waals surface area contributed by atoms with Gasteiger partial charge in [0, 0.05) is 50.6 Å². The minimum absolute atomic E-state index is 0.145. The van der Waals surface area contributed by atoms with Crippen LogP contribution in [-0.4, -0.2) is 63.7 Å². The molecule has 1 aliphatic heterocycles. The van der Waals surface area contributed by atoms with Gasteiger partial charge in [-0.05, 0) is 51.1 Å². The predicted molar refractivity (Wildman–Crippen MR) is 104 cm³/mol. The molecule has 2 rings (SSSR count). The van der Waals surface area contributed by atoms with Crippen LogP contribution in [0.3, 0.4) is 0 Å². The van der Waals surface area contributed by atoms with Crippen LogP contribution < -0.4 is 10.2 Å². The Hall–Kier alpha value is -1.43. The number of nitrogens with zero attached hydrogens (tertiary/aromatic N) is 2. The fourth-order valence-corrected chi connectivity index (χ4v) is 3.64. The number of benzene rings is 1. The standard InChI is InChI=1S/C20H33N3O2/c1-5-22(11-12-25-4)15-17-8-9-20(19(13-17)16(2)24)23-10-6-7-18(23)14-21-3/h8-9,13,18,21H,5-7,10-12,14-15H2,1-4H3. The first-order valence-corrected chi connectivity index (χ1v) is 9.37. The Bertz CT molecular complexity index is 562. The maximum Gasteiger partial charge on any atom is 0.161 e. The van der Waals surface area contributed by atoms with E-state index < -0.39 is 0 Å². The van der Waals surface area contributed by atoms with E-state index >= 15 is 0 Å². The van der Waals surface area contributed by atoms with E-state index in [0.29, 0.717) is 6.04 Å². The number of anilines is 1. The molecule has 1 aromatic carbocycles. The number of carbonyl (C=O) groups excluding carboxylic acids is 1. The minimum Gasteiger partial charge on any atom is -0.383 e. The molecule has 0 amide bonds. The summed E-state index contributed by atoms with van der Waals surface area (Å²) in [4.78, 5) is 17.0. The van der Waals surface area contributed by atoms with Gasteiger partial charge in [-0.3, -0.25) is 9.69 Å². The molecule has 1 saturated heterocycles. The zero-order valence-electron chi connectivity index (χ0n) is 16.2. The number of nitrogens with one attached hydrogen (secondary N) is 1. The van der Waals surface area contributed by atoms with Crippen molar-refractivity contribution in [1.82, 2.24) is 10.2 Å². The van der Waals surface area contributed by atoms with Crippen molar-refractivity contribution in [2.45, 2.75) is 39.3 Å². The lowest BCUT2D eigenvalue weighted by Crippen LogP contribution is -2.37. The Morgan fingerprint density at radius 2 is 2.24 bits per heavy atom. The van der Waals surface area contributed by atoms with Gasteiger partial charge in [-0.15, -0.1) is 0 Å². The van der Waals surface area contributed by atoms with Crippen LogP contribution in [0.1, 0.15) is 42.6 Å². The molecule has 1 N–H and O–H groups in total. The van der Waals surface area contributed by atoms with Crippen molar-refractivity contribution in [1.29, 1.82) is 0 Å². The molecule has 1 atom stereocenters. The highest BCUT2D eigenvalue weighted by Gasteiger charge is 2.26. The lowest BCUT2D eigenvalue weighted by Gasteiger charge is -2.29. The lowest BCUT2D eigenvalue weighted by atomic mass is 10.0. The highest BCUT2D eigenvalue weighted by Crippen LogP contribution is 2.30. The molecular formula is C20H33N3O2. The molecule has 1 aliphatic rings. The molecule has 5 nitrogen and oxygen atoms in total. The average Bonchev–Trinajstić information content (AvgIpc) is 3.06. The Labute approximate surface area is 152 Å². The van der Waals surface area contributed by atoms with Gasteiger partial charge in [0.25, 0.3) is 0 Å².